The molecule has 0 rings (SSSR count). The normalized spacial score (nSPS) is 14.9. The van der Waals surface area contributed by atoms with Gasteiger partial charge in [0.2, 0.25) is 0 Å². The van der Waals surface area contributed by atoms with E-state index >= 15 is 0 Å². The Labute approximate surface area is 94.5 Å². The van der Waals surface area contributed by atoms with Crippen LogP contribution >= 0.6 is 0 Å². The molecule has 0 fully saturated rings. The fourth-order valence-electron chi connectivity index (χ4n) is 1.84. The molecule has 0 aromatic carbocycles. The predicted octanol–water partition coefficient (Wildman–Crippen LogP) is 0.353. The van der Waals surface area contributed by atoms with Gasteiger partial charge in [-0.2, -0.15) is 0 Å². The minimum absolute atomic E-state index is 1.05. The number of carboxylic acids is 2. The molecule has 0 aliphatic rings. The zero-order valence-electron chi connectivity index (χ0n) is 10.2. The maximum absolute atomic E-state index is 11.1. The molecule has 0 saturated heterocycles. The standard InChI is InChI=1S/C10H19NO5/c1-6(12)11(9(2,3)7(13)14)10(4,5)8(15)16/h6,12H,1-5H3,(H,13,14)(H,15,16). The fourth-order valence-corrected chi connectivity index (χ4v) is 1.84. The van der Waals surface area contributed by atoms with Crippen molar-refractivity contribution >= 4 is 11.9 Å². The summed E-state index contributed by atoms with van der Waals surface area (Å²) in [6, 6.07) is 0. The Kier molecular flexibility index (Phi) is 4.07. The molecule has 0 aliphatic heterocycles. The van der Waals surface area contributed by atoms with E-state index in [2.05, 4.69) is 0 Å². The summed E-state index contributed by atoms with van der Waals surface area (Å²) < 4.78 is 0. The van der Waals surface area contributed by atoms with E-state index in [0.29, 0.717) is 0 Å². The quantitative estimate of drug-likeness (QED) is 0.593. The number of carboxylic acid groups (broad SMARTS) is 2. The lowest BCUT2D eigenvalue weighted by Gasteiger charge is -2.45. The molecule has 0 spiro atoms. The third-order valence-electron chi connectivity index (χ3n) is 2.62. The first kappa shape index (κ1) is 14.9. The summed E-state index contributed by atoms with van der Waals surface area (Å²) in [5, 5.41) is 27.7. The van der Waals surface area contributed by atoms with Gasteiger partial charge in [0.25, 0.3) is 0 Å². The van der Waals surface area contributed by atoms with Crippen LogP contribution in [0.1, 0.15) is 34.6 Å². The van der Waals surface area contributed by atoms with E-state index in [1.165, 1.54) is 34.6 Å². The molecule has 0 radical (unpaired) electrons. The minimum Gasteiger partial charge on any atom is -0.480 e. The van der Waals surface area contributed by atoms with Crippen molar-refractivity contribution in [1.82, 2.24) is 4.90 Å². The SMILES string of the molecule is CC(O)N(C(C)(C)C(=O)O)C(C)(C)C(=O)O. The Balaban J connectivity index is 5.51. The minimum atomic E-state index is -1.48. The van der Waals surface area contributed by atoms with E-state index in [-0.39, 0.29) is 0 Å². The summed E-state index contributed by atoms with van der Waals surface area (Å²) in [5.74, 6) is -2.38. The first-order valence-corrected chi connectivity index (χ1v) is 4.90. The lowest BCUT2D eigenvalue weighted by molar-refractivity contribution is -0.179. The molecule has 0 aliphatic carbocycles. The van der Waals surface area contributed by atoms with E-state index in [1.807, 2.05) is 0 Å². The van der Waals surface area contributed by atoms with Gasteiger partial charge >= 0.3 is 11.9 Å². The van der Waals surface area contributed by atoms with Gasteiger partial charge in [-0.1, -0.05) is 0 Å². The number of aliphatic carboxylic acids is 2. The van der Waals surface area contributed by atoms with E-state index in [0.717, 1.165) is 4.90 Å². The summed E-state index contributed by atoms with van der Waals surface area (Å²) in [6.07, 6.45) is -1.18. The van der Waals surface area contributed by atoms with Crippen LogP contribution in [0.5, 0.6) is 0 Å². The van der Waals surface area contributed by atoms with Gasteiger partial charge in [-0.3, -0.25) is 9.59 Å². The van der Waals surface area contributed by atoms with Gasteiger partial charge in [0, 0.05) is 0 Å². The number of hydrogen-bond acceptors (Lipinski definition) is 4. The zero-order valence-corrected chi connectivity index (χ0v) is 10.2. The van der Waals surface area contributed by atoms with E-state index < -0.39 is 29.2 Å². The molecule has 0 bridgehead atoms. The van der Waals surface area contributed by atoms with E-state index in [4.69, 9.17) is 10.2 Å². The number of rotatable bonds is 5. The molecule has 94 valence electrons. The van der Waals surface area contributed by atoms with Crippen molar-refractivity contribution in [3.63, 3.8) is 0 Å². The largest absolute Gasteiger partial charge is 0.480 e. The average Bonchev–Trinajstić information content (AvgIpc) is 2.00. The van der Waals surface area contributed by atoms with Gasteiger partial charge < -0.3 is 15.3 Å². The number of nitrogens with zero attached hydrogens (tertiary/aromatic N) is 1. The van der Waals surface area contributed by atoms with Gasteiger partial charge in [-0.25, -0.2) is 4.90 Å². The maximum Gasteiger partial charge on any atom is 0.323 e. The Morgan fingerprint density at radius 2 is 1.25 bits per heavy atom. The Morgan fingerprint density at radius 1 is 1.00 bits per heavy atom. The molecule has 1 unspecified atom stereocenters. The van der Waals surface area contributed by atoms with Crippen LogP contribution in [0, 0.1) is 0 Å². The highest BCUT2D eigenvalue weighted by molar-refractivity contribution is 5.82. The molecule has 6 nitrogen and oxygen atoms in total. The van der Waals surface area contributed by atoms with Crippen molar-refractivity contribution in [2.24, 2.45) is 0 Å². The lowest BCUT2D eigenvalue weighted by atomic mass is 9.92. The van der Waals surface area contributed by atoms with Crippen molar-refractivity contribution in [2.75, 3.05) is 0 Å². The molecule has 0 saturated carbocycles. The van der Waals surface area contributed by atoms with Gasteiger partial charge in [0.15, 0.2) is 0 Å². The number of aliphatic hydroxyl groups is 1. The van der Waals surface area contributed by atoms with Crippen LogP contribution in [0.4, 0.5) is 0 Å². The molecule has 3 N–H and O–H groups in total. The van der Waals surface area contributed by atoms with Crippen molar-refractivity contribution < 1.29 is 24.9 Å². The van der Waals surface area contributed by atoms with Crippen molar-refractivity contribution in [1.29, 1.82) is 0 Å². The van der Waals surface area contributed by atoms with Crippen LogP contribution in [-0.4, -0.2) is 49.5 Å². The zero-order chi connectivity index (χ0) is 13.3. The maximum atomic E-state index is 11.1. The number of carbonyl (C=O) groups is 2. The van der Waals surface area contributed by atoms with Gasteiger partial charge in [0.1, 0.15) is 17.3 Å². The van der Waals surface area contributed by atoms with Crippen molar-refractivity contribution in [3.8, 4) is 0 Å². The summed E-state index contributed by atoms with van der Waals surface area (Å²) in [4.78, 5) is 23.2. The monoisotopic (exact) mass is 233 g/mol. The Morgan fingerprint density at radius 3 is 1.38 bits per heavy atom. The lowest BCUT2D eigenvalue weighted by Crippen LogP contribution is -2.65. The third-order valence-corrected chi connectivity index (χ3v) is 2.62. The first-order valence-electron chi connectivity index (χ1n) is 4.90. The number of aliphatic hydroxyl groups excluding tert-OH is 1. The van der Waals surface area contributed by atoms with Crippen LogP contribution in [0.2, 0.25) is 0 Å². The summed E-state index contributed by atoms with van der Waals surface area (Å²) in [7, 11) is 0. The molecule has 0 aromatic rings. The van der Waals surface area contributed by atoms with E-state index in [1.54, 1.807) is 0 Å². The van der Waals surface area contributed by atoms with Crippen molar-refractivity contribution in [3.05, 3.63) is 0 Å². The molecule has 0 amide bonds. The molecule has 1 atom stereocenters. The van der Waals surface area contributed by atoms with Crippen LogP contribution in [-0.2, 0) is 9.59 Å². The van der Waals surface area contributed by atoms with E-state index in [9.17, 15) is 14.7 Å². The summed E-state index contributed by atoms with van der Waals surface area (Å²) >= 11 is 0. The Bertz CT molecular complexity index is 270. The molecule has 16 heavy (non-hydrogen) atoms. The topological polar surface area (TPSA) is 98.1 Å². The summed E-state index contributed by atoms with van der Waals surface area (Å²) in [5.41, 5.74) is -2.95. The fraction of sp³-hybridized carbons (Fsp3) is 0.800. The molecular formula is C10H19NO5. The molecular weight excluding hydrogens is 214 g/mol. The average molecular weight is 233 g/mol. The molecule has 0 aromatic heterocycles. The van der Waals surface area contributed by atoms with Crippen molar-refractivity contribution in [2.45, 2.75) is 51.9 Å². The molecule has 0 heterocycles. The van der Waals surface area contributed by atoms with Gasteiger partial charge in [-0.05, 0) is 34.6 Å². The van der Waals surface area contributed by atoms with Gasteiger partial charge in [0.05, 0.1) is 0 Å². The summed E-state index contributed by atoms with van der Waals surface area (Å²) in [6.45, 7) is 6.76. The third kappa shape index (κ3) is 2.51. The van der Waals surface area contributed by atoms with Crippen LogP contribution in [0.15, 0.2) is 0 Å². The number of hydrogen-bond donors (Lipinski definition) is 3. The molecule has 6 heteroatoms. The highest BCUT2D eigenvalue weighted by Gasteiger charge is 2.48. The Hall–Kier alpha value is -1.14. The van der Waals surface area contributed by atoms with Crippen LogP contribution < -0.4 is 0 Å². The second-order valence-electron chi connectivity index (χ2n) is 4.73. The second-order valence-corrected chi connectivity index (χ2v) is 4.73. The van der Waals surface area contributed by atoms with Crippen LogP contribution in [0.3, 0.4) is 0 Å². The smallest absolute Gasteiger partial charge is 0.323 e. The van der Waals surface area contributed by atoms with Gasteiger partial charge in [-0.15, -0.1) is 0 Å². The second kappa shape index (κ2) is 4.39. The first-order chi connectivity index (χ1) is 6.95. The predicted molar refractivity (Wildman–Crippen MR) is 56.9 cm³/mol. The highest BCUT2D eigenvalue weighted by atomic mass is 16.4. The van der Waals surface area contributed by atoms with Crippen LogP contribution in [0.25, 0.3) is 0 Å². The highest BCUT2D eigenvalue weighted by Crippen LogP contribution is 2.28.